The van der Waals surface area contributed by atoms with Gasteiger partial charge in [-0.05, 0) is 36.4 Å². The molecule has 0 unspecified atom stereocenters. The van der Waals surface area contributed by atoms with Crippen LogP contribution in [-0.4, -0.2) is 30.9 Å². The van der Waals surface area contributed by atoms with Gasteiger partial charge in [0.25, 0.3) is 11.8 Å². The summed E-state index contributed by atoms with van der Waals surface area (Å²) in [6.07, 6.45) is -0.0788. The van der Waals surface area contributed by atoms with Gasteiger partial charge in [-0.2, -0.15) is 0 Å². The summed E-state index contributed by atoms with van der Waals surface area (Å²) in [4.78, 5) is 35.3. The Kier molecular flexibility index (Phi) is 7.91. The number of hydrogen-bond acceptors (Lipinski definition) is 4. The van der Waals surface area contributed by atoms with Crippen molar-refractivity contribution in [1.82, 2.24) is 5.32 Å². The lowest BCUT2D eigenvalue weighted by molar-refractivity contribution is -0.147. The Morgan fingerprint density at radius 2 is 1.67 bits per heavy atom. The summed E-state index contributed by atoms with van der Waals surface area (Å²) in [5, 5.41) is 6.08. The van der Waals surface area contributed by atoms with Gasteiger partial charge in [0.2, 0.25) is 0 Å². The monoisotopic (exact) mass is 428 g/mol. The lowest BCUT2D eigenvalue weighted by Crippen LogP contribution is -2.27. The van der Waals surface area contributed by atoms with Crippen LogP contribution in [0.25, 0.3) is 0 Å². The molecule has 2 rings (SSSR count). The highest BCUT2D eigenvalue weighted by Gasteiger charge is 2.12. The van der Waals surface area contributed by atoms with E-state index >= 15 is 0 Å². The van der Waals surface area contributed by atoms with Gasteiger partial charge in [0.15, 0.2) is 6.61 Å². The zero-order valence-corrected chi connectivity index (χ0v) is 16.2. The molecule has 0 saturated carbocycles. The zero-order chi connectivity index (χ0) is 19.8. The van der Waals surface area contributed by atoms with Crippen molar-refractivity contribution in [2.45, 2.75) is 6.42 Å². The van der Waals surface area contributed by atoms with Gasteiger partial charge in [-0.3, -0.25) is 14.4 Å². The van der Waals surface area contributed by atoms with Crippen LogP contribution in [0.3, 0.4) is 0 Å². The smallest absolute Gasteiger partial charge is 0.308 e. The van der Waals surface area contributed by atoms with Crippen molar-refractivity contribution < 1.29 is 19.1 Å². The Balaban J connectivity index is 1.69. The summed E-state index contributed by atoms with van der Waals surface area (Å²) >= 11 is 17.6. The Morgan fingerprint density at radius 1 is 0.963 bits per heavy atom. The van der Waals surface area contributed by atoms with Crippen LogP contribution in [-0.2, 0) is 14.3 Å². The van der Waals surface area contributed by atoms with Crippen LogP contribution < -0.4 is 10.6 Å². The first-order valence-electron chi connectivity index (χ1n) is 7.80. The van der Waals surface area contributed by atoms with Gasteiger partial charge in [-0.15, -0.1) is 0 Å². The first-order valence-corrected chi connectivity index (χ1v) is 8.93. The average Bonchev–Trinajstić information content (AvgIpc) is 2.64. The third kappa shape index (κ3) is 6.75. The third-order valence-electron chi connectivity index (χ3n) is 3.31. The van der Waals surface area contributed by atoms with Crippen LogP contribution in [0.2, 0.25) is 15.1 Å². The van der Waals surface area contributed by atoms with Crippen molar-refractivity contribution in [1.29, 1.82) is 0 Å². The number of nitrogens with one attached hydrogen (secondary N) is 2. The molecule has 0 heterocycles. The molecule has 0 bridgehead atoms. The largest absolute Gasteiger partial charge is 0.456 e. The Bertz CT molecular complexity index is 841. The zero-order valence-electron chi connectivity index (χ0n) is 13.9. The molecule has 0 radical (unpaired) electrons. The minimum Gasteiger partial charge on any atom is -0.456 e. The second-order valence-electron chi connectivity index (χ2n) is 5.32. The van der Waals surface area contributed by atoms with E-state index in [4.69, 9.17) is 39.5 Å². The van der Waals surface area contributed by atoms with Crippen LogP contribution in [0.4, 0.5) is 5.69 Å². The van der Waals surface area contributed by atoms with Crippen LogP contribution >= 0.6 is 34.8 Å². The maximum absolute atomic E-state index is 11.9. The number of esters is 1. The van der Waals surface area contributed by atoms with E-state index in [1.165, 1.54) is 0 Å². The van der Waals surface area contributed by atoms with Crippen LogP contribution in [0.5, 0.6) is 0 Å². The van der Waals surface area contributed by atoms with Crippen LogP contribution in [0.15, 0.2) is 42.5 Å². The molecular formula is C18H15Cl3N2O4. The SMILES string of the molecule is O=C(COC(=O)CCNC(=O)c1ccc(Cl)cc1)Nc1cccc(Cl)c1Cl. The standard InChI is InChI=1S/C18H15Cl3N2O4/c19-12-6-4-11(5-7-12)18(26)22-9-8-16(25)27-10-15(24)23-14-3-1-2-13(20)17(14)21/h1-7H,8-10H2,(H,22,26)(H,23,24). The highest BCUT2D eigenvalue weighted by molar-refractivity contribution is 6.44. The molecule has 2 N–H and O–H groups in total. The summed E-state index contributed by atoms with van der Waals surface area (Å²) in [6, 6.07) is 11.1. The second-order valence-corrected chi connectivity index (χ2v) is 6.54. The molecule has 2 amide bonds. The predicted octanol–water partition coefficient (Wildman–Crippen LogP) is 3.95. The van der Waals surface area contributed by atoms with E-state index in [1.54, 1.807) is 42.5 Å². The summed E-state index contributed by atoms with van der Waals surface area (Å²) in [5.74, 6) is -1.52. The van der Waals surface area contributed by atoms with Gasteiger partial charge in [0, 0.05) is 17.1 Å². The third-order valence-corrected chi connectivity index (χ3v) is 4.38. The number of anilines is 1. The summed E-state index contributed by atoms with van der Waals surface area (Å²) in [7, 11) is 0. The number of rotatable bonds is 7. The maximum Gasteiger partial charge on any atom is 0.308 e. The van der Waals surface area contributed by atoms with Gasteiger partial charge in [0.05, 0.1) is 22.2 Å². The van der Waals surface area contributed by atoms with E-state index in [2.05, 4.69) is 10.6 Å². The van der Waals surface area contributed by atoms with E-state index in [9.17, 15) is 14.4 Å². The minimum absolute atomic E-state index is 0.0715. The van der Waals surface area contributed by atoms with Crippen molar-refractivity contribution in [3.8, 4) is 0 Å². The van der Waals surface area contributed by atoms with Crippen molar-refractivity contribution in [2.24, 2.45) is 0 Å². The van der Waals surface area contributed by atoms with Crippen molar-refractivity contribution in [2.75, 3.05) is 18.5 Å². The van der Waals surface area contributed by atoms with E-state index in [0.717, 1.165) is 0 Å². The molecule has 2 aromatic rings. The molecule has 2 aromatic carbocycles. The van der Waals surface area contributed by atoms with E-state index in [-0.39, 0.29) is 23.9 Å². The Hall–Kier alpha value is -2.28. The Morgan fingerprint density at radius 3 is 2.37 bits per heavy atom. The molecule has 0 saturated heterocycles. The molecule has 27 heavy (non-hydrogen) atoms. The topological polar surface area (TPSA) is 84.5 Å². The van der Waals surface area contributed by atoms with Crippen LogP contribution in [0, 0.1) is 0 Å². The highest BCUT2D eigenvalue weighted by atomic mass is 35.5. The quantitative estimate of drug-likeness (QED) is 0.653. The molecule has 142 valence electrons. The van der Waals surface area contributed by atoms with Crippen molar-refractivity contribution >= 4 is 58.3 Å². The first-order chi connectivity index (χ1) is 12.9. The minimum atomic E-state index is -0.626. The first kappa shape index (κ1) is 21.0. The second kappa shape index (κ2) is 10.2. The van der Waals surface area contributed by atoms with E-state index in [1.807, 2.05) is 0 Å². The molecule has 0 aliphatic heterocycles. The molecule has 0 spiro atoms. The fourth-order valence-electron chi connectivity index (χ4n) is 1.99. The molecule has 0 aliphatic rings. The average molecular weight is 430 g/mol. The molecule has 6 nitrogen and oxygen atoms in total. The molecule has 0 aliphatic carbocycles. The molecule has 0 fully saturated rings. The summed E-state index contributed by atoms with van der Waals surface area (Å²) in [6.45, 7) is -0.408. The number of hydrogen-bond donors (Lipinski definition) is 2. The lowest BCUT2D eigenvalue weighted by atomic mass is 10.2. The van der Waals surface area contributed by atoms with Gasteiger partial charge >= 0.3 is 5.97 Å². The highest BCUT2D eigenvalue weighted by Crippen LogP contribution is 2.29. The number of ether oxygens (including phenoxy) is 1. The van der Waals surface area contributed by atoms with Gasteiger partial charge in [-0.1, -0.05) is 40.9 Å². The van der Waals surface area contributed by atoms with Gasteiger partial charge in [-0.25, -0.2) is 0 Å². The Labute approximate surface area is 170 Å². The molecular weight excluding hydrogens is 415 g/mol. The number of carbonyl (C=O) groups is 3. The summed E-state index contributed by atoms with van der Waals surface area (Å²) in [5.41, 5.74) is 0.742. The van der Waals surface area contributed by atoms with E-state index < -0.39 is 18.5 Å². The van der Waals surface area contributed by atoms with Gasteiger partial charge < -0.3 is 15.4 Å². The number of benzene rings is 2. The number of halogens is 3. The fraction of sp³-hybridized carbons (Fsp3) is 0.167. The maximum atomic E-state index is 11.9. The number of carbonyl (C=O) groups excluding carboxylic acids is 3. The molecule has 0 aromatic heterocycles. The summed E-state index contributed by atoms with van der Waals surface area (Å²) < 4.78 is 4.85. The lowest BCUT2D eigenvalue weighted by Gasteiger charge is -2.09. The fourth-order valence-corrected chi connectivity index (χ4v) is 2.46. The van der Waals surface area contributed by atoms with Crippen molar-refractivity contribution in [3.05, 3.63) is 63.1 Å². The van der Waals surface area contributed by atoms with E-state index in [0.29, 0.717) is 21.3 Å². The normalized spacial score (nSPS) is 10.2. The van der Waals surface area contributed by atoms with Crippen molar-refractivity contribution in [3.63, 3.8) is 0 Å². The van der Waals surface area contributed by atoms with Gasteiger partial charge in [0.1, 0.15) is 0 Å². The molecule has 0 atom stereocenters. The number of amides is 2. The predicted molar refractivity (Wildman–Crippen MR) is 104 cm³/mol. The van der Waals surface area contributed by atoms with Crippen LogP contribution in [0.1, 0.15) is 16.8 Å². The molecule has 9 heteroatoms.